The predicted molar refractivity (Wildman–Crippen MR) is 121 cm³/mol. The Morgan fingerprint density at radius 2 is 1.68 bits per heavy atom. The first kappa shape index (κ1) is 21.1. The molecule has 2 fully saturated rings. The third-order valence-electron chi connectivity index (χ3n) is 6.12. The minimum atomic E-state index is -0.310. The number of aryl methyl sites for hydroxylation is 1. The maximum atomic E-state index is 13.0. The molecule has 0 aromatic heterocycles. The Hall–Kier alpha value is -3.15. The van der Waals surface area contributed by atoms with Crippen LogP contribution in [0, 0.1) is 12.8 Å². The molecule has 6 heteroatoms. The summed E-state index contributed by atoms with van der Waals surface area (Å²) in [6.45, 7) is 3.95. The quantitative estimate of drug-likeness (QED) is 0.814. The van der Waals surface area contributed by atoms with Crippen molar-refractivity contribution in [3.8, 4) is 0 Å². The predicted octanol–water partition coefficient (Wildman–Crippen LogP) is 4.00. The van der Waals surface area contributed by atoms with Crippen molar-refractivity contribution in [2.45, 2.75) is 39.0 Å². The maximum Gasteiger partial charge on any atom is 0.255 e. The molecular weight excluding hydrogens is 390 g/mol. The molecule has 0 radical (unpaired) electrons. The second-order valence-electron chi connectivity index (χ2n) is 8.52. The number of carbonyl (C=O) groups is 3. The molecule has 6 nitrogen and oxygen atoms in total. The lowest BCUT2D eigenvalue weighted by molar-refractivity contribution is -0.135. The van der Waals surface area contributed by atoms with Crippen LogP contribution >= 0.6 is 0 Å². The van der Waals surface area contributed by atoms with Crippen molar-refractivity contribution >= 4 is 29.1 Å². The minimum Gasteiger partial charge on any atom is -0.342 e. The summed E-state index contributed by atoms with van der Waals surface area (Å²) in [5.74, 6) is -0.513. The topological polar surface area (TPSA) is 69.7 Å². The molecule has 2 aromatic carbocycles. The summed E-state index contributed by atoms with van der Waals surface area (Å²) < 4.78 is 0. The monoisotopic (exact) mass is 419 g/mol. The molecule has 0 spiro atoms. The molecular formula is C25H29N3O3. The van der Waals surface area contributed by atoms with Crippen molar-refractivity contribution in [3.63, 3.8) is 0 Å². The number of carbonyl (C=O) groups excluding carboxylic acids is 3. The van der Waals surface area contributed by atoms with Crippen LogP contribution in [0.5, 0.6) is 0 Å². The van der Waals surface area contributed by atoms with Gasteiger partial charge in [0.25, 0.3) is 5.91 Å². The van der Waals surface area contributed by atoms with E-state index >= 15 is 0 Å². The summed E-state index contributed by atoms with van der Waals surface area (Å²) in [5, 5.41) is 2.89. The molecule has 1 N–H and O–H groups in total. The van der Waals surface area contributed by atoms with Gasteiger partial charge in [0.15, 0.2) is 0 Å². The summed E-state index contributed by atoms with van der Waals surface area (Å²) in [6.07, 6.45) is 4.63. The third-order valence-corrected chi connectivity index (χ3v) is 6.12. The summed E-state index contributed by atoms with van der Waals surface area (Å²) in [5.41, 5.74) is 2.99. The van der Waals surface area contributed by atoms with E-state index in [1.54, 1.807) is 23.1 Å². The van der Waals surface area contributed by atoms with Gasteiger partial charge in [-0.05, 0) is 50.1 Å². The molecule has 0 saturated carbocycles. The summed E-state index contributed by atoms with van der Waals surface area (Å²) >= 11 is 0. The highest BCUT2D eigenvalue weighted by atomic mass is 16.2. The van der Waals surface area contributed by atoms with Gasteiger partial charge in [0.1, 0.15) is 0 Å². The van der Waals surface area contributed by atoms with Crippen molar-refractivity contribution in [1.29, 1.82) is 0 Å². The van der Waals surface area contributed by atoms with Crippen molar-refractivity contribution in [2.75, 3.05) is 29.9 Å². The zero-order valence-corrected chi connectivity index (χ0v) is 18.0. The maximum absolute atomic E-state index is 13.0. The Morgan fingerprint density at radius 3 is 2.39 bits per heavy atom. The van der Waals surface area contributed by atoms with Gasteiger partial charge in [0.05, 0.1) is 5.92 Å². The molecule has 162 valence electrons. The van der Waals surface area contributed by atoms with Crippen LogP contribution in [0.15, 0.2) is 48.5 Å². The standard InChI is InChI=1S/C25H29N3O3/c1-18-9-11-21(12-10-18)26-24(30)19-7-6-8-22(15-19)28-17-20(16-23(28)29)25(31)27-13-4-2-3-5-14-27/h6-12,15,20H,2-5,13-14,16-17H2,1H3,(H,26,30)/t20-/m0/s1. The van der Waals surface area contributed by atoms with Crippen LogP contribution < -0.4 is 10.2 Å². The van der Waals surface area contributed by atoms with Gasteiger partial charge in [0, 0.05) is 43.0 Å². The van der Waals surface area contributed by atoms with Crippen LogP contribution in [0.4, 0.5) is 11.4 Å². The molecule has 3 amide bonds. The lowest BCUT2D eigenvalue weighted by Crippen LogP contribution is -2.38. The van der Waals surface area contributed by atoms with Gasteiger partial charge in [-0.15, -0.1) is 0 Å². The molecule has 0 bridgehead atoms. The van der Waals surface area contributed by atoms with Crippen molar-refractivity contribution in [2.24, 2.45) is 5.92 Å². The van der Waals surface area contributed by atoms with Crippen molar-refractivity contribution in [1.82, 2.24) is 4.90 Å². The number of rotatable bonds is 4. The molecule has 2 aliphatic rings. The van der Waals surface area contributed by atoms with E-state index in [0.717, 1.165) is 50.0 Å². The molecule has 2 saturated heterocycles. The lowest BCUT2D eigenvalue weighted by Gasteiger charge is -2.24. The Bertz CT molecular complexity index is 962. The Kier molecular flexibility index (Phi) is 6.35. The number of likely N-dealkylation sites (tertiary alicyclic amines) is 1. The Labute approximate surface area is 183 Å². The fourth-order valence-electron chi connectivity index (χ4n) is 4.33. The van der Waals surface area contributed by atoms with Crippen LogP contribution in [-0.2, 0) is 9.59 Å². The van der Waals surface area contributed by atoms with E-state index in [-0.39, 0.29) is 30.1 Å². The molecule has 2 heterocycles. The van der Waals surface area contributed by atoms with E-state index in [1.165, 1.54) is 0 Å². The van der Waals surface area contributed by atoms with Crippen LogP contribution in [0.1, 0.15) is 48.0 Å². The van der Waals surface area contributed by atoms with Crippen LogP contribution in [0.2, 0.25) is 0 Å². The number of nitrogens with one attached hydrogen (secondary N) is 1. The van der Waals surface area contributed by atoms with E-state index in [2.05, 4.69) is 5.32 Å². The molecule has 0 aliphatic carbocycles. The SMILES string of the molecule is Cc1ccc(NC(=O)c2cccc(N3C[C@@H](C(=O)N4CCCCCC4)CC3=O)c2)cc1. The average Bonchev–Trinajstić information content (AvgIpc) is 2.98. The molecule has 31 heavy (non-hydrogen) atoms. The number of hydrogen-bond acceptors (Lipinski definition) is 3. The molecule has 1 atom stereocenters. The van der Waals surface area contributed by atoms with Gasteiger partial charge in [0.2, 0.25) is 11.8 Å². The zero-order chi connectivity index (χ0) is 21.8. The highest BCUT2D eigenvalue weighted by molar-refractivity contribution is 6.06. The number of amides is 3. The molecule has 2 aromatic rings. The van der Waals surface area contributed by atoms with E-state index in [0.29, 0.717) is 17.8 Å². The number of anilines is 2. The fraction of sp³-hybridized carbons (Fsp3) is 0.400. The number of hydrogen-bond donors (Lipinski definition) is 1. The third kappa shape index (κ3) is 4.95. The first-order valence-electron chi connectivity index (χ1n) is 11.1. The molecule has 0 unspecified atom stereocenters. The minimum absolute atomic E-state index is 0.0655. The first-order valence-corrected chi connectivity index (χ1v) is 11.1. The van der Waals surface area contributed by atoms with Gasteiger partial charge >= 0.3 is 0 Å². The number of benzene rings is 2. The lowest BCUT2D eigenvalue weighted by atomic mass is 10.1. The summed E-state index contributed by atoms with van der Waals surface area (Å²) in [6, 6.07) is 14.6. The average molecular weight is 420 g/mol. The largest absolute Gasteiger partial charge is 0.342 e. The normalized spacial score (nSPS) is 19.3. The van der Waals surface area contributed by atoms with Gasteiger partial charge in [-0.2, -0.15) is 0 Å². The van der Waals surface area contributed by atoms with E-state index in [1.807, 2.05) is 42.2 Å². The number of nitrogens with zero attached hydrogens (tertiary/aromatic N) is 2. The highest BCUT2D eigenvalue weighted by Gasteiger charge is 2.37. The second-order valence-corrected chi connectivity index (χ2v) is 8.52. The van der Waals surface area contributed by atoms with Gasteiger partial charge in [-0.1, -0.05) is 36.6 Å². The van der Waals surface area contributed by atoms with Gasteiger partial charge < -0.3 is 15.1 Å². The van der Waals surface area contributed by atoms with Gasteiger partial charge in [-0.25, -0.2) is 0 Å². The van der Waals surface area contributed by atoms with E-state index in [4.69, 9.17) is 0 Å². The van der Waals surface area contributed by atoms with Crippen molar-refractivity contribution < 1.29 is 14.4 Å². The summed E-state index contributed by atoms with van der Waals surface area (Å²) in [4.78, 5) is 41.9. The van der Waals surface area contributed by atoms with Gasteiger partial charge in [-0.3, -0.25) is 14.4 Å². The Balaban J connectivity index is 1.44. The Morgan fingerprint density at radius 1 is 0.968 bits per heavy atom. The van der Waals surface area contributed by atoms with Crippen LogP contribution in [0.25, 0.3) is 0 Å². The molecule has 2 aliphatic heterocycles. The first-order chi connectivity index (χ1) is 15.0. The second kappa shape index (κ2) is 9.33. The van der Waals surface area contributed by atoms with E-state index in [9.17, 15) is 14.4 Å². The highest BCUT2D eigenvalue weighted by Crippen LogP contribution is 2.28. The molecule has 4 rings (SSSR count). The van der Waals surface area contributed by atoms with Crippen LogP contribution in [0.3, 0.4) is 0 Å². The summed E-state index contributed by atoms with van der Waals surface area (Å²) in [7, 11) is 0. The smallest absolute Gasteiger partial charge is 0.255 e. The van der Waals surface area contributed by atoms with Crippen LogP contribution in [-0.4, -0.2) is 42.3 Å². The van der Waals surface area contributed by atoms with E-state index < -0.39 is 0 Å². The van der Waals surface area contributed by atoms with Crippen molar-refractivity contribution in [3.05, 3.63) is 59.7 Å². The fourth-order valence-corrected chi connectivity index (χ4v) is 4.33. The zero-order valence-electron chi connectivity index (χ0n) is 18.0.